The van der Waals surface area contributed by atoms with Crippen molar-refractivity contribution in [2.75, 3.05) is 19.0 Å². The molecule has 0 aliphatic rings. The Hall–Kier alpha value is -1.82. The average Bonchev–Trinajstić information content (AvgIpc) is 2.63. The standard InChI is InChI=1S/C19H19ClN2O2S/c1-2-24-11-12-25-19-21-17-10-6-4-8-15(17)18(23)22(19)13-14-7-3-5-9-16(14)20/h3-10H,2,11-13H2,1H3. The molecule has 0 unspecified atom stereocenters. The second-order valence-electron chi connectivity index (χ2n) is 5.44. The molecule has 2 aromatic carbocycles. The van der Waals surface area contributed by atoms with Gasteiger partial charge in [-0.25, -0.2) is 4.98 Å². The maximum absolute atomic E-state index is 13.0. The zero-order valence-electron chi connectivity index (χ0n) is 13.9. The van der Waals surface area contributed by atoms with Crippen molar-refractivity contribution in [1.29, 1.82) is 0 Å². The van der Waals surface area contributed by atoms with E-state index in [-0.39, 0.29) is 5.56 Å². The van der Waals surface area contributed by atoms with Crippen LogP contribution in [0.5, 0.6) is 0 Å². The highest BCUT2D eigenvalue weighted by atomic mass is 35.5. The molecule has 0 saturated carbocycles. The Labute approximate surface area is 155 Å². The monoisotopic (exact) mass is 374 g/mol. The van der Waals surface area contributed by atoms with Crippen molar-refractivity contribution >= 4 is 34.3 Å². The van der Waals surface area contributed by atoms with Gasteiger partial charge in [0.2, 0.25) is 0 Å². The highest BCUT2D eigenvalue weighted by Crippen LogP contribution is 2.21. The van der Waals surface area contributed by atoms with E-state index in [1.165, 1.54) is 11.8 Å². The number of para-hydroxylation sites is 1. The van der Waals surface area contributed by atoms with Crippen LogP contribution < -0.4 is 5.56 Å². The van der Waals surface area contributed by atoms with Gasteiger partial charge in [-0.3, -0.25) is 9.36 Å². The third-order valence-electron chi connectivity index (χ3n) is 3.78. The van der Waals surface area contributed by atoms with Crippen LogP contribution in [0.4, 0.5) is 0 Å². The van der Waals surface area contributed by atoms with Crippen molar-refractivity contribution in [2.24, 2.45) is 0 Å². The van der Waals surface area contributed by atoms with E-state index in [9.17, 15) is 4.79 Å². The highest BCUT2D eigenvalue weighted by Gasteiger charge is 2.13. The molecule has 0 spiro atoms. The first-order chi connectivity index (χ1) is 12.2. The summed E-state index contributed by atoms with van der Waals surface area (Å²) in [5.41, 5.74) is 1.56. The Morgan fingerprint density at radius 1 is 1.16 bits per heavy atom. The summed E-state index contributed by atoms with van der Waals surface area (Å²) >= 11 is 7.80. The summed E-state index contributed by atoms with van der Waals surface area (Å²) in [6, 6.07) is 15.0. The Balaban J connectivity index is 2.02. The second-order valence-corrected chi connectivity index (χ2v) is 6.91. The minimum atomic E-state index is -0.0515. The van der Waals surface area contributed by atoms with E-state index >= 15 is 0 Å². The van der Waals surface area contributed by atoms with Gasteiger partial charge >= 0.3 is 0 Å². The second kappa shape index (κ2) is 8.52. The number of aromatic nitrogens is 2. The fourth-order valence-electron chi connectivity index (χ4n) is 2.53. The van der Waals surface area contributed by atoms with Gasteiger partial charge in [-0.2, -0.15) is 0 Å². The number of benzene rings is 2. The Kier molecular flexibility index (Phi) is 6.13. The quantitative estimate of drug-likeness (QED) is 0.352. The van der Waals surface area contributed by atoms with E-state index in [1.807, 2.05) is 55.5 Å². The van der Waals surface area contributed by atoms with Crippen LogP contribution in [0.25, 0.3) is 10.9 Å². The van der Waals surface area contributed by atoms with Crippen LogP contribution in [0.3, 0.4) is 0 Å². The lowest BCUT2D eigenvalue weighted by atomic mass is 10.2. The van der Waals surface area contributed by atoms with Crippen LogP contribution >= 0.6 is 23.4 Å². The van der Waals surface area contributed by atoms with Crippen molar-refractivity contribution < 1.29 is 4.74 Å². The number of fused-ring (bicyclic) bond motifs is 1. The fourth-order valence-corrected chi connectivity index (χ4v) is 3.58. The highest BCUT2D eigenvalue weighted by molar-refractivity contribution is 7.99. The first-order valence-corrected chi connectivity index (χ1v) is 9.50. The minimum absolute atomic E-state index is 0.0515. The van der Waals surface area contributed by atoms with Crippen LogP contribution in [-0.4, -0.2) is 28.5 Å². The van der Waals surface area contributed by atoms with Gasteiger partial charge in [0, 0.05) is 17.4 Å². The molecule has 0 bridgehead atoms. The van der Waals surface area contributed by atoms with Crippen molar-refractivity contribution in [1.82, 2.24) is 9.55 Å². The van der Waals surface area contributed by atoms with E-state index in [0.717, 1.165) is 11.3 Å². The molecule has 0 aliphatic carbocycles. The molecule has 0 N–H and O–H groups in total. The first kappa shape index (κ1) is 18.0. The van der Waals surface area contributed by atoms with E-state index in [0.29, 0.717) is 40.8 Å². The number of nitrogens with zero attached hydrogens (tertiary/aromatic N) is 2. The summed E-state index contributed by atoms with van der Waals surface area (Å²) in [5, 5.41) is 1.94. The van der Waals surface area contributed by atoms with Gasteiger partial charge < -0.3 is 4.74 Å². The molecule has 3 aromatic rings. The topological polar surface area (TPSA) is 44.1 Å². The maximum atomic E-state index is 13.0. The van der Waals surface area contributed by atoms with E-state index in [1.54, 1.807) is 4.57 Å². The van der Waals surface area contributed by atoms with E-state index < -0.39 is 0 Å². The number of hydrogen-bond acceptors (Lipinski definition) is 4. The predicted octanol–water partition coefficient (Wildman–Crippen LogP) is 4.23. The zero-order valence-corrected chi connectivity index (χ0v) is 15.5. The molecule has 130 valence electrons. The summed E-state index contributed by atoms with van der Waals surface area (Å²) in [5.74, 6) is 0.737. The molecule has 4 nitrogen and oxygen atoms in total. The molecule has 0 saturated heterocycles. The van der Waals surface area contributed by atoms with Crippen LogP contribution in [0.1, 0.15) is 12.5 Å². The smallest absolute Gasteiger partial charge is 0.262 e. The lowest BCUT2D eigenvalue weighted by Gasteiger charge is -2.14. The zero-order chi connectivity index (χ0) is 17.6. The molecular formula is C19H19ClN2O2S. The fraction of sp³-hybridized carbons (Fsp3) is 0.263. The number of rotatable bonds is 7. The van der Waals surface area contributed by atoms with Crippen molar-refractivity contribution in [3.05, 3.63) is 69.5 Å². The van der Waals surface area contributed by atoms with Gasteiger partial charge in [-0.1, -0.05) is 53.7 Å². The molecule has 0 fully saturated rings. The normalized spacial score (nSPS) is 11.1. The molecule has 3 rings (SSSR count). The minimum Gasteiger partial charge on any atom is -0.381 e. The molecule has 0 aliphatic heterocycles. The lowest BCUT2D eigenvalue weighted by Crippen LogP contribution is -2.24. The van der Waals surface area contributed by atoms with Gasteiger partial charge in [0.25, 0.3) is 5.56 Å². The molecule has 1 heterocycles. The summed E-state index contributed by atoms with van der Waals surface area (Å²) < 4.78 is 7.09. The third-order valence-corrected chi connectivity index (χ3v) is 5.09. The summed E-state index contributed by atoms with van der Waals surface area (Å²) in [4.78, 5) is 17.7. The average molecular weight is 375 g/mol. The van der Waals surface area contributed by atoms with Crippen molar-refractivity contribution in [2.45, 2.75) is 18.6 Å². The van der Waals surface area contributed by atoms with Crippen molar-refractivity contribution in [3.63, 3.8) is 0 Å². The Morgan fingerprint density at radius 3 is 2.72 bits per heavy atom. The predicted molar refractivity (Wildman–Crippen MR) is 104 cm³/mol. The Bertz CT molecular complexity index is 927. The molecule has 0 amide bonds. The lowest BCUT2D eigenvalue weighted by molar-refractivity contribution is 0.164. The number of thioether (sulfide) groups is 1. The summed E-state index contributed by atoms with van der Waals surface area (Å²) in [7, 11) is 0. The molecule has 6 heteroatoms. The SMILES string of the molecule is CCOCCSc1nc2ccccc2c(=O)n1Cc1ccccc1Cl. The first-order valence-electron chi connectivity index (χ1n) is 8.14. The van der Waals surface area contributed by atoms with Crippen LogP contribution in [-0.2, 0) is 11.3 Å². The van der Waals surface area contributed by atoms with Crippen LogP contribution in [0.15, 0.2) is 58.5 Å². The molecule has 25 heavy (non-hydrogen) atoms. The van der Waals surface area contributed by atoms with Crippen LogP contribution in [0, 0.1) is 0 Å². The molecule has 0 radical (unpaired) electrons. The maximum Gasteiger partial charge on any atom is 0.262 e. The third kappa shape index (κ3) is 4.24. The molecule has 0 atom stereocenters. The number of halogens is 1. The number of hydrogen-bond donors (Lipinski definition) is 0. The van der Waals surface area contributed by atoms with Crippen molar-refractivity contribution in [3.8, 4) is 0 Å². The summed E-state index contributed by atoms with van der Waals surface area (Å²) in [6.45, 7) is 3.66. The van der Waals surface area contributed by atoms with Crippen LogP contribution in [0.2, 0.25) is 5.02 Å². The molecular weight excluding hydrogens is 356 g/mol. The largest absolute Gasteiger partial charge is 0.381 e. The Morgan fingerprint density at radius 2 is 1.92 bits per heavy atom. The van der Waals surface area contributed by atoms with Gasteiger partial charge in [0.1, 0.15) is 0 Å². The van der Waals surface area contributed by atoms with Gasteiger partial charge in [0.15, 0.2) is 5.16 Å². The van der Waals surface area contributed by atoms with E-state index in [4.69, 9.17) is 16.3 Å². The summed E-state index contributed by atoms with van der Waals surface area (Å²) in [6.07, 6.45) is 0. The number of ether oxygens (including phenoxy) is 1. The van der Waals surface area contributed by atoms with Gasteiger partial charge in [0.05, 0.1) is 24.1 Å². The van der Waals surface area contributed by atoms with E-state index in [2.05, 4.69) is 4.98 Å². The van der Waals surface area contributed by atoms with Gasteiger partial charge in [-0.15, -0.1) is 0 Å². The van der Waals surface area contributed by atoms with Gasteiger partial charge in [-0.05, 0) is 30.7 Å². The molecule has 1 aromatic heterocycles.